The molecule has 0 amide bonds. The van der Waals surface area contributed by atoms with Gasteiger partial charge in [-0.1, -0.05) is 0 Å². The van der Waals surface area contributed by atoms with Crippen LogP contribution in [0.4, 0.5) is 0 Å². The predicted octanol–water partition coefficient (Wildman–Crippen LogP) is 0.873. The van der Waals surface area contributed by atoms with E-state index < -0.39 is 0 Å². The molecule has 0 spiro atoms. The zero-order valence-electron chi connectivity index (χ0n) is 3.32. The van der Waals surface area contributed by atoms with Gasteiger partial charge in [-0.05, 0) is 0 Å². The monoisotopic (exact) mass is 118 g/mol. The van der Waals surface area contributed by atoms with Gasteiger partial charge in [0.05, 0.1) is 0 Å². The second kappa shape index (κ2) is 2.69. The van der Waals surface area contributed by atoms with Crippen molar-refractivity contribution in [2.24, 2.45) is 0 Å². The fraction of sp³-hybridized carbons (Fsp3) is 1.00. The Morgan fingerprint density at radius 1 is 1.60 bits per heavy atom. The molecule has 0 rings (SSSR count). The van der Waals surface area contributed by atoms with Crippen molar-refractivity contribution in [3.8, 4) is 0 Å². The third kappa shape index (κ3) is 4.47. The van der Waals surface area contributed by atoms with Gasteiger partial charge in [0.1, 0.15) is 0 Å². The van der Waals surface area contributed by atoms with E-state index in [4.69, 9.17) is 0 Å². The van der Waals surface area contributed by atoms with E-state index in [2.05, 4.69) is 19.9 Å². The van der Waals surface area contributed by atoms with Gasteiger partial charge in [-0.2, -0.15) is 0 Å². The number of hydrogen-bond donors (Lipinski definition) is 0. The number of hydrogen-bond acceptors (Lipinski definition) is 1. The van der Waals surface area contributed by atoms with Crippen molar-refractivity contribution < 1.29 is 19.9 Å². The third-order valence-electron chi connectivity index (χ3n) is 0.157. The Labute approximate surface area is 40.6 Å². The van der Waals surface area contributed by atoms with Crippen LogP contribution in [0.15, 0.2) is 0 Å². The maximum atomic E-state index is 4.44. The van der Waals surface area contributed by atoms with Gasteiger partial charge in [0, 0.05) is 0 Å². The average molecular weight is 118 g/mol. The SMILES string of the molecule is CC(C)[O][Co]. The van der Waals surface area contributed by atoms with Gasteiger partial charge < -0.3 is 0 Å². The predicted molar refractivity (Wildman–Crippen MR) is 16.2 cm³/mol. The molecule has 0 aromatic rings. The Morgan fingerprint density at radius 3 is 1.80 bits per heavy atom. The van der Waals surface area contributed by atoms with E-state index >= 15 is 0 Å². The minimum atomic E-state index is 0.245. The topological polar surface area (TPSA) is 9.23 Å². The van der Waals surface area contributed by atoms with Crippen molar-refractivity contribution >= 4 is 0 Å². The molecule has 0 unspecified atom stereocenters. The van der Waals surface area contributed by atoms with Crippen LogP contribution in [-0.4, -0.2) is 6.10 Å². The summed E-state index contributed by atoms with van der Waals surface area (Å²) in [5.41, 5.74) is 0. The molecule has 0 aliphatic carbocycles. The zero-order chi connectivity index (χ0) is 4.28. The van der Waals surface area contributed by atoms with Crippen molar-refractivity contribution in [3.63, 3.8) is 0 Å². The van der Waals surface area contributed by atoms with Gasteiger partial charge in [0.15, 0.2) is 0 Å². The molecule has 0 aliphatic rings. The first-order valence-electron chi connectivity index (χ1n) is 1.53. The first-order chi connectivity index (χ1) is 2.27. The summed E-state index contributed by atoms with van der Waals surface area (Å²) in [7, 11) is 0. The van der Waals surface area contributed by atoms with Gasteiger partial charge in [-0.25, -0.2) is 0 Å². The van der Waals surface area contributed by atoms with Gasteiger partial charge in [0.25, 0.3) is 0 Å². The molecule has 0 N–H and O–H groups in total. The first-order valence-corrected chi connectivity index (χ1v) is 1.95. The van der Waals surface area contributed by atoms with Crippen molar-refractivity contribution in [2.75, 3.05) is 0 Å². The molecule has 0 aromatic heterocycles. The summed E-state index contributed by atoms with van der Waals surface area (Å²) in [6.07, 6.45) is 0.245. The molecule has 2 heteroatoms. The normalized spacial score (nSPS) is 9.80. The minimum absolute atomic E-state index is 0.245. The van der Waals surface area contributed by atoms with E-state index in [0.717, 1.165) is 0 Å². The summed E-state index contributed by atoms with van der Waals surface area (Å²) in [4.78, 5) is 0. The summed E-state index contributed by atoms with van der Waals surface area (Å²) >= 11 is 3.56. The van der Waals surface area contributed by atoms with E-state index in [1.807, 2.05) is 13.8 Å². The third-order valence-corrected chi connectivity index (χ3v) is 0.648. The molecule has 0 fully saturated rings. The number of rotatable bonds is 1. The zero-order valence-corrected chi connectivity index (χ0v) is 4.36. The first kappa shape index (κ1) is 5.47. The quantitative estimate of drug-likeness (QED) is 0.496. The van der Waals surface area contributed by atoms with Crippen LogP contribution >= 0.6 is 0 Å². The van der Waals surface area contributed by atoms with Crippen LogP contribution < -0.4 is 0 Å². The van der Waals surface area contributed by atoms with Crippen molar-refractivity contribution in [3.05, 3.63) is 0 Å². The Kier molecular flexibility index (Phi) is 2.94. The van der Waals surface area contributed by atoms with Gasteiger partial charge in [-0.15, -0.1) is 0 Å². The molecular weight excluding hydrogens is 111 g/mol. The molecule has 34 valence electrons. The van der Waals surface area contributed by atoms with Crippen LogP contribution in [0.1, 0.15) is 13.8 Å². The molecule has 1 nitrogen and oxygen atoms in total. The fourth-order valence-electron chi connectivity index (χ4n) is 0. The van der Waals surface area contributed by atoms with Crippen LogP contribution in [0.2, 0.25) is 0 Å². The van der Waals surface area contributed by atoms with Gasteiger partial charge in [-0.3, -0.25) is 0 Å². The Bertz CT molecular complexity index is 20.9. The van der Waals surface area contributed by atoms with Crippen LogP contribution in [0, 0.1) is 0 Å². The Morgan fingerprint density at radius 2 is 1.80 bits per heavy atom. The van der Waals surface area contributed by atoms with Crippen LogP contribution in [0.5, 0.6) is 0 Å². The summed E-state index contributed by atoms with van der Waals surface area (Å²) in [5, 5.41) is 0. The molecule has 0 aliphatic heterocycles. The molecule has 0 saturated heterocycles. The van der Waals surface area contributed by atoms with Gasteiger partial charge in [0.2, 0.25) is 0 Å². The molecule has 0 aromatic carbocycles. The van der Waals surface area contributed by atoms with Crippen molar-refractivity contribution in [1.82, 2.24) is 0 Å². The van der Waals surface area contributed by atoms with Crippen LogP contribution in [-0.2, 0) is 19.9 Å². The molecule has 0 radical (unpaired) electrons. The standard InChI is InChI=1S/C3H7O.Co/c1-3(2)4;/h3H,1-2H3;/q-1;+1. The van der Waals surface area contributed by atoms with E-state index in [0.29, 0.717) is 0 Å². The van der Waals surface area contributed by atoms with E-state index in [1.165, 1.54) is 0 Å². The summed E-state index contributed by atoms with van der Waals surface area (Å²) < 4.78 is 4.44. The van der Waals surface area contributed by atoms with Crippen molar-refractivity contribution in [1.29, 1.82) is 0 Å². The molecule has 0 saturated carbocycles. The van der Waals surface area contributed by atoms with Gasteiger partial charge >= 0.3 is 39.9 Å². The van der Waals surface area contributed by atoms with Crippen LogP contribution in [0.3, 0.4) is 0 Å². The second-order valence-corrected chi connectivity index (χ2v) is 1.37. The maximum absolute atomic E-state index is 4.44. The molecule has 0 atom stereocenters. The van der Waals surface area contributed by atoms with E-state index in [-0.39, 0.29) is 6.10 Å². The Balaban J connectivity index is 2.54. The fourth-order valence-corrected chi connectivity index (χ4v) is 0. The molecule has 5 heavy (non-hydrogen) atoms. The van der Waals surface area contributed by atoms with E-state index in [9.17, 15) is 0 Å². The molecule has 0 bridgehead atoms. The molecular formula is C3H7CoO. The van der Waals surface area contributed by atoms with Crippen molar-refractivity contribution in [2.45, 2.75) is 20.0 Å². The molecule has 0 heterocycles. The summed E-state index contributed by atoms with van der Waals surface area (Å²) in [6, 6.07) is 0. The summed E-state index contributed by atoms with van der Waals surface area (Å²) in [6.45, 7) is 3.84. The summed E-state index contributed by atoms with van der Waals surface area (Å²) in [5.74, 6) is 0. The Hall–Kier alpha value is 0.466. The average Bonchev–Trinajstić information content (AvgIpc) is 1.38. The van der Waals surface area contributed by atoms with E-state index in [1.54, 1.807) is 0 Å². The van der Waals surface area contributed by atoms with Crippen LogP contribution in [0.25, 0.3) is 0 Å². The second-order valence-electron chi connectivity index (χ2n) is 1.13.